The summed E-state index contributed by atoms with van der Waals surface area (Å²) in [6, 6.07) is 0. The van der Waals surface area contributed by atoms with E-state index in [1.54, 1.807) is 21.6 Å². The van der Waals surface area contributed by atoms with Gasteiger partial charge in [-0.15, -0.1) is 0 Å². The molecule has 0 amide bonds. The Morgan fingerprint density at radius 2 is 2.17 bits per heavy atom. The molecule has 6 heteroatoms. The molecular weight excluding hydrogens is 252 g/mol. The molecule has 0 aliphatic heterocycles. The van der Waals surface area contributed by atoms with E-state index in [9.17, 15) is 5.11 Å². The number of rotatable bonds is 4. The standard InChI is InChI=1S/C12H17ClN4O/c1-4-8-11(13)9(17(3)15-8)7-10(18)12-14-5-6-16(12)2/h5-6,10,18H,4,7H2,1-3H3. The van der Waals surface area contributed by atoms with E-state index in [4.69, 9.17) is 11.6 Å². The average molecular weight is 269 g/mol. The van der Waals surface area contributed by atoms with Gasteiger partial charge in [0.2, 0.25) is 0 Å². The van der Waals surface area contributed by atoms with Crippen LogP contribution >= 0.6 is 11.6 Å². The molecule has 0 spiro atoms. The number of hydrogen-bond acceptors (Lipinski definition) is 3. The predicted octanol–water partition coefficient (Wildman–Crippen LogP) is 1.65. The number of aliphatic hydroxyl groups excluding tert-OH is 1. The summed E-state index contributed by atoms with van der Waals surface area (Å²) in [6.45, 7) is 2.01. The van der Waals surface area contributed by atoms with Gasteiger partial charge in [-0.05, 0) is 6.42 Å². The monoisotopic (exact) mass is 268 g/mol. The Balaban J connectivity index is 2.24. The van der Waals surface area contributed by atoms with Crippen molar-refractivity contribution in [2.75, 3.05) is 0 Å². The highest BCUT2D eigenvalue weighted by Crippen LogP contribution is 2.25. The molecule has 0 aromatic carbocycles. The average Bonchev–Trinajstić information content (AvgIpc) is 2.87. The minimum atomic E-state index is -0.678. The number of halogens is 1. The molecule has 0 bridgehead atoms. The lowest BCUT2D eigenvalue weighted by molar-refractivity contribution is 0.162. The molecule has 0 aliphatic rings. The van der Waals surface area contributed by atoms with Gasteiger partial charge in [0, 0.05) is 32.9 Å². The van der Waals surface area contributed by atoms with Crippen LogP contribution in [0.4, 0.5) is 0 Å². The second kappa shape index (κ2) is 5.12. The molecule has 1 atom stereocenters. The van der Waals surface area contributed by atoms with Gasteiger partial charge < -0.3 is 9.67 Å². The molecule has 5 nitrogen and oxygen atoms in total. The Morgan fingerprint density at radius 1 is 1.44 bits per heavy atom. The van der Waals surface area contributed by atoms with Gasteiger partial charge in [-0.3, -0.25) is 4.68 Å². The first kappa shape index (κ1) is 13.1. The van der Waals surface area contributed by atoms with E-state index >= 15 is 0 Å². The van der Waals surface area contributed by atoms with Crippen LogP contribution in [0, 0.1) is 0 Å². The van der Waals surface area contributed by atoms with E-state index in [2.05, 4.69) is 10.1 Å². The smallest absolute Gasteiger partial charge is 0.137 e. The summed E-state index contributed by atoms with van der Waals surface area (Å²) in [5.74, 6) is 0.630. The fraction of sp³-hybridized carbons (Fsp3) is 0.500. The Labute approximate surface area is 111 Å². The maximum Gasteiger partial charge on any atom is 0.137 e. The van der Waals surface area contributed by atoms with E-state index in [1.165, 1.54) is 0 Å². The second-order valence-corrected chi connectivity index (χ2v) is 4.68. The Morgan fingerprint density at radius 3 is 2.67 bits per heavy atom. The molecule has 98 valence electrons. The van der Waals surface area contributed by atoms with Crippen molar-refractivity contribution in [3.8, 4) is 0 Å². The van der Waals surface area contributed by atoms with E-state index in [0.717, 1.165) is 17.8 Å². The van der Waals surface area contributed by atoms with Gasteiger partial charge in [0.1, 0.15) is 11.9 Å². The van der Waals surface area contributed by atoms with Crippen molar-refractivity contribution in [1.29, 1.82) is 0 Å². The number of aromatic nitrogens is 4. The summed E-state index contributed by atoms with van der Waals surface area (Å²) in [5.41, 5.74) is 1.70. The fourth-order valence-corrected chi connectivity index (χ4v) is 2.39. The molecule has 0 aliphatic carbocycles. The SMILES string of the molecule is CCc1nn(C)c(CC(O)c2nccn2C)c1Cl. The van der Waals surface area contributed by atoms with Crippen molar-refractivity contribution in [3.05, 3.63) is 34.6 Å². The quantitative estimate of drug-likeness (QED) is 0.917. The molecule has 18 heavy (non-hydrogen) atoms. The topological polar surface area (TPSA) is 55.9 Å². The number of aliphatic hydroxyl groups is 1. The van der Waals surface area contributed by atoms with Crippen molar-refractivity contribution in [1.82, 2.24) is 19.3 Å². The molecule has 2 rings (SSSR count). The molecule has 2 aromatic heterocycles. The third-order valence-electron chi connectivity index (χ3n) is 3.05. The lowest BCUT2D eigenvalue weighted by Gasteiger charge is -2.11. The van der Waals surface area contributed by atoms with Crippen LogP contribution in [0.25, 0.3) is 0 Å². The van der Waals surface area contributed by atoms with Gasteiger partial charge >= 0.3 is 0 Å². The zero-order chi connectivity index (χ0) is 13.3. The van der Waals surface area contributed by atoms with Crippen molar-refractivity contribution in [2.45, 2.75) is 25.9 Å². The normalized spacial score (nSPS) is 12.9. The molecule has 1 unspecified atom stereocenters. The van der Waals surface area contributed by atoms with Crippen LogP contribution in [0.5, 0.6) is 0 Å². The first-order chi connectivity index (χ1) is 8.54. The number of hydrogen-bond donors (Lipinski definition) is 1. The van der Waals surface area contributed by atoms with E-state index in [1.807, 2.05) is 21.0 Å². The first-order valence-corrected chi connectivity index (χ1v) is 6.27. The van der Waals surface area contributed by atoms with E-state index in [-0.39, 0.29) is 0 Å². The van der Waals surface area contributed by atoms with Crippen LogP contribution < -0.4 is 0 Å². The van der Waals surface area contributed by atoms with Crippen LogP contribution in [-0.4, -0.2) is 24.4 Å². The summed E-state index contributed by atoms with van der Waals surface area (Å²) in [7, 11) is 3.69. The van der Waals surface area contributed by atoms with Gasteiger partial charge in [-0.1, -0.05) is 18.5 Å². The Hall–Kier alpha value is -1.33. The second-order valence-electron chi connectivity index (χ2n) is 4.30. The van der Waals surface area contributed by atoms with Crippen LogP contribution in [0.15, 0.2) is 12.4 Å². The highest BCUT2D eigenvalue weighted by atomic mass is 35.5. The molecule has 1 N–H and O–H groups in total. The maximum absolute atomic E-state index is 10.2. The van der Waals surface area contributed by atoms with Crippen LogP contribution in [0.3, 0.4) is 0 Å². The summed E-state index contributed by atoms with van der Waals surface area (Å²) in [5, 5.41) is 15.2. The number of imidazole rings is 1. The molecule has 0 saturated carbocycles. The largest absolute Gasteiger partial charge is 0.385 e. The maximum atomic E-state index is 10.2. The third kappa shape index (κ3) is 2.28. The summed E-state index contributed by atoms with van der Waals surface area (Å²) in [6.07, 6.45) is 3.99. The van der Waals surface area contributed by atoms with Crippen molar-refractivity contribution in [3.63, 3.8) is 0 Å². The first-order valence-electron chi connectivity index (χ1n) is 5.90. The Bertz CT molecular complexity index is 546. The summed E-state index contributed by atoms with van der Waals surface area (Å²) < 4.78 is 3.53. The fourth-order valence-electron chi connectivity index (χ4n) is 2.01. The third-order valence-corrected chi connectivity index (χ3v) is 3.48. The number of aryl methyl sites for hydroxylation is 3. The zero-order valence-corrected chi connectivity index (χ0v) is 11.5. The van der Waals surface area contributed by atoms with Gasteiger partial charge in [0.05, 0.1) is 16.4 Å². The van der Waals surface area contributed by atoms with Crippen LogP contribution in [0.1, 0.15) is 30.2 Å². The molecular formula is C12H17ClN4O. The Kier molecular flexibility index (Phi) is 3.73. The van der Waals surface area contributed by atoms with Gasteiger partial charge in [0.15, 0.2) is 0 Å². The summed E-state index contributed by atoms with van der Waals surface area (Å²) >= 11 is 6.25. The van der Waals surface area contributed by atoms with Crippen LogP contribution in [0.2, 0.25) is 5.02 Å². The molecule has 0 saturated heterocycles. The minimum Gasteiger partial charge on any atom is -0.385 e. The predicted molar refractivity (Wildman–Crippen MR) is 69.5 cm³/mol. The van der Waals surface area contributed by atoms with Gasteiger partial charge in [-0.25, -0.2) is 4.98 Å². The molecule has 0 fully saturated rings. The van der Waals surface area contributed by atoms with Gasteiger partial charge in [-0.2, -0.15) is 5.10 Å². The highest BCUT2D eigenvalue weighted by molar-refractivity contribution is 6.31. The lowest BCUT2D eigenvalue weighted by atomic mass is 10.1. The van der Waals surface area contributed by atoms with Gasteiger partial charge in [0.25, 0.3) is 0 Å². The van der Waals surface area contributed by atoms with E-state index < -0.39 is 6.10 Å². The molecule has 0 radical (unpaired) electrons. The minimum absolute atomic E-state index is 0.410. The van der Waals surface area contributed by atoms with Crippen molar-refractivity contribution < 1.29 is 5.11 Å². The number of nitrogens with zero attached hydrogens (tertiary/aromatic N) is 4. The zero-order valence-electron chi connectivity index (χ0n) is 10.8. The summed E-state index contributed by atoms with van der Waals surface area (Å²) in [4.78, 5) is 4.14. The van der Waals surface area contributed by atoms with Crippen molar-refractivity contribution in [2.24, 2.45) is 14.1 Å². The van der Waals surface area contributed by atoms with E-state index in [0.29, 0.717) is 17.3 Å². The van der Waals surface area contributed by atoms with Crippen LogP contribution in [-0.2, 0) is 26.9 Å². The highest BCUT2D eigenvalue weighted by Gasteiger charge is 2.19. The lowest BCUT2D eigenvalue weighted by Crippen LogP contribution is -2.11. The van der Waals surface area contributed by atoms with Crippen molar-refractivity contribution >= 4 is 11.6 Å². The molecule has 2 aromatic rings. The molecule has 2 heterocycles.